The van der Waals surface area contributed by atoms with E-state index in [-0.39, 0.29) is 22.3 Å². The summed E-state index contributed by atoms with van der Waals surface area (Å²) in [6.07, 6.45) is 0. The summed E-state index contributed by atoms with van der Waals surface area (Å²) >= 11 is 8.97. The van der Waals surface area contributed by atoms with Gasteiger partial charge in [-0.05, 0) is 39.7 Å². The summed E-state index contributed by atoms with van der Waals surface area (Å²) < 4.78 is 13.4. The molecule has 0 saturated carbocycles. The molecule has 1 unspecified atom stereocenters. The fourth-order valence-electron chi connectivity index (χ4n) is 1.78. The van der Waals surface area contributed by atoms with Gasteiger partial charge in [0.15, 0.2) is 0 Å². The lowest BCUT2D eigenvalue weighted by Crippen LogP contribution is -2.29. The summed E-state index contributed by atoms with van der Waals surface area (Å²) in [7, 11) is 0. The second-order valence-electron chi connectivity index (χ2n) is 4.22. The van der Waals surface area contributed by atoms with Gasteiger partial charge in [0.1, 0.15) is 5.82 Å². The Morgan fingerprint density at radius 2 is 1.95 bits per heavy atom. The molecule has 1 amide bonds. The molecule has 20 heavy (non-hydrogen) atoms. The summed E-state index contributed by atoms with van der Waals surface area (Å²) in [6.45, 7) is 0. The van der Waals surface area contributed by atoms with Crippen LogP contribution in [0.4, 0.5) is 4.39 Å². The van der Waals surface area contributed by atoms with E-state index in [2.05, 4.69) is 21.2 Å². The minimum Gasteiger partial charge on any atom is -0.344 e. The average Bonchev–Trinajstić information content (AvgIpc) is 2.48. The van der Waals surface area contributed by atoms with Gasteiger partial charge < -0.3 is 5.32 Å². The van der Waals surface area contributed by atoms with Gasteiger partial charge in [-0.15, -0.1) is 11.6 Å². The van der Waals surface area contributed by atoms with E-state index in [0.29, 0.717) is 5.56 Å². The first-order chi connectivity index (χ1) is 9.61. The highest BCUT2D eigenvalue weighted by atomic mass is 79.9. The van der Waals surface area contributed by atoms with Crippen LogP contribution in [-0.2, 0) is 0 Å². The van der Waals surface area contributed by atoms with Gasteiger partial charge >= 0.3 is 0 Å². The van der Waals surface area contributed by atoms with E-state index >= 15 is 0 Å². The number of nitrogens with one attached hydrogen (secondary N) is 1. The molecule has 2 nitrogen and oxygen atoms in total. The molecule has 0 aromatic heterocycles. The molecule has 104 valence electrons. The fourth-order valence-corrected chi connectivity index (χ4v) is 2.41. The zero-order valence-corrected chi connectivity index (χ0v) is 12.8. The number of halogens is 3. The predicted octanol–water partition coefficient (Wildman–Crippen LogP) is 4.30. The molecule has 0 fully saturated rings. The molecule has 1 N–H and O–H groups in total. The molecular weight excluding hydrogens is 345 g/mol. The minimum absolute atomic E-state index is 0.257. The number of benzene rings is 2. The number of carbonyl (C=O) groups is 1. The first-order valence-corrected chi connectivity index (χ1v) is 7.31. The molecule has 0 radical (unpaired) electrons. The smallest absolute Gasteiger partial charge is 0.251 e. The monoisotopic (exact) mass is 355 g/mol. The number of hydrogen-bond donors (Lipinski definition) is 1. The minimum atomic E-state index is -0.404. The first-order valence-electron chi connectivity index (χ1n) is 5.98. The van der Waals surface area contributed by atoms with Crippen molar-refractivity contribution in [3.63, 3.8) is 0 Å². The van der Waals surface area contributed by atoms with Crippen molar-refractivity contribution in [2.45, 2.75) is 6.04 Å². The molecule has 0 aliphatic heterocycles. The molecule has 0 aliphatic rings. The zero-order chi connectivity index (χ0) is 14.5. The second kappa shape index (κ2) is 6.86. The number of hydrogen-bond acceptors (Lipinski definition) is 1. The Morgan fingerprint density at radius 3 is 2.55 bits per heavy atom. The largest absolute Gasteiger partial charge is 0.344 e. The fraction of sp³-hybridized carbons (Fsp3) is 0.133. The van der Waals surface area contributed by atoms with Gasteiger partial charge in [0, 0.05) is 11.4 Å². The van der Waals surface area contributed by atoms with Crippen LogP contribution in [0.1, 0.15) is 22.0 Å². The Labute approximate surface area is 130 Å². The Hall–Kier alpha value is -1.39. The van der Waals surface area contributed by atoms with Crippen molar-refractivity contribution in [1.82, 2.24) is 5.32 Å². The third-order valence-electron chi connectivity index (χ3n) is 2.84. The van der Waals surface area contributed by atoms with Crippen LogP contribution in [0.2, 0.25) is 0 Å². The van der Waals surface area contributed by atoms with Crippen molar-refractivity contribution in [3.8, 4) is 0 Å². The van der Waals surface area contributed by atoms with Crippen LogP contribution in [-0.4, -0.2) is 11.8 Å². The lowest BCUT2D eigenvalue weighted by Gasteiger charge is -2.16. The second-order valence-corrected chi connectivity index (χ2v) is 5.38. The SMILES string of the molecule is O=C(NC(CCl)c1ccccc1)c1ccc(F)c(Br)c1. The molecule has 0 saturated heterocycles. The molecule has 2 aromatic rings. The van der Waals surface area contributed by atoms with Crippen molar-refractivity contribution in [1.29, 1.82) is 0 Å². The van der Waals surface area contributed by atoms with Crippen LogP contribution >= 0.6 is 27.5 Å². The normalized spacial score (nSPS) is 11.9. The van der Waals surface area contributed by atoms with Gasteiger partial charge in [-0.1, -0.05) is 30.3 Å². The topological polar surface area (TPSA) is 29.1 Å². The number of carbonyl (C=O) groups excluding carboxylic acids is 1. The summed E-state index contributed by atoms with van der Waals surface area (Å²) in [6, 6.07) is 13.3. The maximum Gasteiger partial charge on any atom is 0.251 e. The van der Waals surface area contributed by atoms with Crippen LogP contribution < -0.4 is 5.32 Å². The highest BCUT2D eigenvalue weighted by Crippen LogP contribution is 2.19. The third-order valence-corrected chi connectivity index (χ3v) is 3.76. The Bertz CT molecular complexity index is 606. The molecule has 0 spiro atoms. The van der Waals surface area contributed by atoms with E-state index in [1.807, 2.05) is 30.3 Å². The molecule has 5 heteroatoms. The third kappa shape index (κ3) is 3.58. The summed E-state index contributed by atoms with van der Waals surface area (Å²) in [5.41, 5.74) is 1.31. The van der Waals surface area contributed by atoms with Crippen LogP contribution in [0.25, 0.3) is 0 Å². The van der Waals surface area contributed by atoms with E-state index < -0.39 is 5.82 Å². The molecule has 0 heterocycles. The predicted molar refractivity (Wildman–Crippen MR) is 81.5 cm³/mol. The van der Waals surface area contributed by atoms with Crippen molar-refractivity contribution >= 4 is 33.4 Å². The maximum absolute atomic E-state index is 13.2. The quantitative estimate of drug-likeness (QED) is 0.813. The number of alkyl halides is 1. The van der Waals surface area contributed by atoms with E-state index in [1.165, 1.54) is 18.2 Å². The van der Waals surface area contributed by atoms with Crippen LogP contribution in [0.15, 0.2) is 53.0 Å². The molecule has 2 aromatic carbocycles. The summed E-state index contributed by atoms with van der Waals surface area (Å²) in [5, 5.41) is 2.83. The lowest BCUT2D eigenvalue weighted by molar-refractivity contribution is 0.0940. The molecule has 2 rings (SSSR count). The van der Waals surface area contributed by atoms with Gasteiger partial charge in [-0.3, -0.25) is 4.79 Å². The molecule has 1 atom stereocenters. The highest BCUT2D eigenvalue weighted by molar-refractivity contribution is 9.10. The molecule has 0 bridgehead atoms. The Kier molecular flexibility index (Phi) is 5.15. The van der Waals surface area contributed by atoms with Crippen LogP contribution in [0, 0.1) is 5.82 Å². The first kappa shape index (κ1) is 15.0. The van der Waals surface area contributed by atoms with Crippen LogP contribution in [0.3, 0.4) is 0 Å². The van der Waals surface area contributed by atoms with Crippen molar-refractivity contribution in [2.24, 2.45) is 0 Å². The Morgan fingerprint density at radius 1 is 1.25 bits per heavy atom. The van der Waals surface area contributed by atoms with Crippen LogP contribution in [0.5, 0.6) is 0 Å². The van der Waals surface area contributed by atoms with E-state index in [9.17, 15) is 9.18 Å². The van der Waals surface area contributed by atoms with Gasteiger partial charge in [0.25, 0.3) is 5.91 Å². The van der Waals surface area contributed by atoms with E-state index in [4.69, 9.17) is 11.6 Å². The van der Waals surface area contributed by atoms with Gasteiger partial charge in [-0.2, -0.15) is 0 Å². The van der Waals surface area contributed by atoms with Gasteiger partial charge in [-0.25, -0.2) is 4.39 Å². The maximum atomic E-state index is 13.2. The highest BCUT2D eigenvalue weighted by Gasteiger charge is 2.15. The molecular formula is C15H12BrClFNO. The summed E-state index contributed by atoms with van der Waals surface area (Å²) in [5.74, 6) is -0.434. The van der Waals surface area contributed by atoms with Crippen molar-refractivity contribution < 1.29 is 9.18 Å². The average molecular weight is 357 g/mol. The lowest BCUT2D eigenvalue weighted by atomic mass is 10.1. The summed E-state index contributed by atoms with van der Waals surface area (Å²) in [4.78, 5) is 12.1. The van der Waals surface area contributed by atoms with E-state index in [0.717, 1.165) is 5.56 Å². The van der Waals surface area contributed by atoms with E-state index in [1.54, 1.807) is 0 Å². The van der Waals surface area contributed by atoms with Crippen molar-refractivity contribution in [3.05, 3.63) is 69.9 Å². The van der Waals surface area contributed by atoms with Crippen molar-refractivity contribution in [2.75, 3.05) is 5.88 Å². The van der Waals surface area contributed by atoms with Gasteiger partial charge in [0.2, 0.25) is 0 Å². The Balaban J connectivity index is 2.15. The van der Waals surface area contributed by atoms with Gasteiger partial charge in [0.05, 0.1) is 10.5 Å². The zero-order valence-electron chi connectivity index (χ0n) is 10.4. The standard InChI is InChI=1S/C15H12BrClFNO/c16-12-8-11(6-7-13(12)18)15(20)19-14(9-17)10-4-2-1-3-5-10/h1-8,14H,9H2,(H,19,20). The molecule has 0 aliphatic carbocycles. The number of amides is 1. The number of rotatable bonds is 4.